The second kappa shape index (κ2) is 4.78. The van der Waals surface area contributed by atoms with E-state index in [-0.39, 0.29) is 17.8 Å². The van der Waals surface area contributed by atoms with Gasteiger partial charge in [-0.15, -0.1) is 17.9 Å². The van der Waals surface area contributed by atoms with E-state index in [1.165, 1.54) is 22.0 Å². The van der Waals surface area contributed by atoms with Crippen LogP contribution >= 0.6 is 11.3 Å². The largest absolute Gasteiger partial charge is 0.477 e. The summed E-state index contributed by atoms with van der Waals surface area (Å²) in [5, 5.41) is 9.74. The van der Waals surface area contributed by atoms with Crippen LogP contribution in [0.3, 0.4) is 0 Å². The first kappa shape index (κ1) is 12.6. The van der Waals surface area contributed by atoms with Gasteiger partial charge in [0.2, 0.25) is 0 Å². The molecule has 0 aliphatic rings. The average molecular weight is 263 g/mol. The molecule has 2 heterocycles. The van der Waals surface area contributed by atoms with Gasteiger partial charge in [0.15, 0.2) is 0 Å². The van der Waals surface area contributed by atoms with Gasteiger partial charge < -0.3 is 5.11 Å². The Morgan fingerprint density at radius 1 is 1.56 bits per heavy atom. The molecule has 0 saturated carbocycles. The zero-order chi connectivity index (χ0) is 13.3. The zero-order valence-electron chi connectivity index (χ0n) is 9.97. The molecule has 0 amide bonds. The number of rotatable bonds is 4. The SMILES string of the molecule is C=CCn1c(C(=O)O)cc2sc(CC)cc2c1=O. The molecule has 0 unspecified atom stereocenters. The molecule has 2 rings (SSSR count). The molecule has 2 aromatic heterocycles. The minimum Gasteiger partial charge on any atom is -0.477 e. The van der Waals surface area contributed by atoms with Crippen molar-refractivity contribution in [2.24, 2.45) is 0 Å². The fraction of sp³-hybridized carbons (Fsp3) is 0.231. The lowest BCUT2D eigenvalue weighted by Crippen LogP contribution is -2.25. The van der Waals surface area contributed by atoms with Crippen molar-refractivity contribution in [1.82, 2.24) is 4.57 Å². The van der Waals surface area contributed by atoms with E-state index in [1.54, 1.807) is 6.07 Å². The highest BCUT2D eigenvalue weighted by atomic mass is 32.1. The predicted octanol–water partition coefficient (Wildman–Crippen LogP) is 2.51. The van der Waals surface area contributed by atoms with Gasteiger partial charge in [0.1, 0.15) is 5.69 Å². The normalized spacial score (nSPS) is 10.7. The van der Waals surface area contributed by atoms with Gasteiger partial charge in [-0.25, -0.2) is 4.79 Å². The van der Waals surface area contributed by atoms with Gasteiger partial charge in [-0.2, -0.15) is 0 Å². The number of carbonyl (C=O) groups is 1. The van der Waals surface area contributed by atoms with Crippen molar-refractivity contribution < 1.29 is 9.90 Å². The lowest BCUT2D eigenvalue weighted by molar-refractivity contribution is 0.0684. The molecule has 5 heteroatoms. The van der Waals surface area contributed by atoms with Crippen molar-refractivity contribution in [3.8, 4) is 0 Å². The number of allylic oxidation sites excluding steroid dienone is 1. The lowest BCUT2D eigenvalue weighted by atomic mass is 10.2. The van der Waals surface area contributed by atoms with Crippen LogP contribution in [-0.2, 0) is 13.0 Å². The number of aromatic nitrogens is 1. The van der Waals surface area contributed by atoms with E-state index < -0.39 is 5.97 Å². The summed E-state index contributed by atoms with van der Waals surface area (Å²) in [7, 11) is 0. The van der Waals surface area contributed by atoms with Crippen molar-refractivity contribution in [2.45, 2.75) is 19.9 Å². The first-order chi connectivity index (χ1) is 8.58. The van der Waals surface area contributed by atoms with Crippen LogP contribution in [-0.4, -0.2) is 15.6 Å². The molecule has 0 aromatic carbocycles. The number of thiophene rings is 1. The smallest absolute Gasteiger partial charge is 0.352 e. The summed E-state index contributed by atoms with van der Waals surface area (Å²) in [4.78, 5) is 24.5. The lowest BCUT2D eigenvalue weighted by Gasteiger charge is -2.07. The Bertz CT molecular complexity index is 681. The second-order valence-corrected chi connectivity index (χ2v) is 5.05. The molecule has 18 heavy (non-hydrogen) atoms. The number of carboxylic acids is 1. The second-order valence-electron chi connectivity index (χ2n) is 3.88. The Hall–Kier alpha value is -1.88. The first-order valence-corrected chi connectivity index (χ1v) is 6.40. The Balaban J connectivity index is 2.82. The van der Waals surface area contributed by atoms with Crippen molar-refractivity contribution in [1.29, 1.82) is 0 Å². The fourth-order valence-corrected chi connectivity index (χ4v) is 2.88. The fourth-order valence-electron chi connectivity index (χ4n) is 1.85. The van der Waals surface area contributed by atoms with Crippen molar-refractivity contribution in [3.63, 3.8) is 0 Å². The maximum absolute atomic E-state index is 12.2. The highest BCUT2D eigenvalue weighted by Gasteiger charge is 2.15. The van der Waals surface area contributed by atoms with Crippen molar-refractivity contribution >= 4 is 27.4 Å². The maximum Gasteiger partial charge on any atom is 0.352 e. The molecule has 0 aliphatic carbocycles. The van der Waals surface area contributed by atoms with Crippen LogP contribution in [0.5, 0.6) is 0 Å². The van der Waals surface area contributed by atoms with Gasteiger partial charge in [-0.3, -0.25) is 9.36 Å². The summed E-state index contributed by atoms with van der Waals surface area (Å²) < 4.78 is 1.97. The van der Waals surface area contributed by atoms with Crippen LogP contribution in [0, 0.1) is 0 Å². The van der Waals surface area contributed by atoms with Crippen LogP contribution < -0.4 is 5.56 Å². The molecule has 0 saturated heterocycles. The summed E-state index contributed by atoms with van der Waals surface area (Å²) in [5.74, 6) is -1.10. The number of nitrogens with zero attached hydrogens (tertiary/aromatic N) is 1. The summed E-state index contributed by atoms with van der Waals surface area (Å²) in [6.45, 7) is 5.76. The van der Waals surface area contributed by atoms with E-state index in [9.17, 15) is 9.59 Å². The third-order valence-electron chi connectivity index (χ3n) is 2.73. The molecule has 0 radical (unpaired) electrons. The standard InChI is InChI=1S/C13H13NO3S/c1-3-5-14-10(13(16)17)7-11-9(12(14)15)6-8(4-2)18-11/h3,6-7H,1,4-5H2,2H3,(H,16,17). The number of pyridine rings is 1. The van der Waals surface area contributed by atoms with Gasteiger partial charge in [-0.05, 0) is 18.6 Å². The Morgan fingerprint density at radius 2 is 2.28 bits per heavy atom. The summed E-state index contributed by atoms with van der Waals surface area (Å²) >= 11 is 1.47. The number of aromatic carboxylic acids is 1. The topological polar surface area (TPSA) is 59.3 Å². The highest BCUT2D eigenvalue weighted by molar-refractivity contribution is 7.19. The molecule has 0 fully saturated rings. The van der Waals surface area contributed by atoms with Crippen molar-refractivity contribution in [2.75, 3.05) is 0 Å². The van der Waals surface area contributed by atoms with E-state index in [1.807, 2.05) is 13.0 Å². The number of carboxylic acid groups (broad SMARTS) is 1. The number of hydrogen-bond donors (Lipinski definition) is 1. The molecular formula is C13H13NO3S. The number of aryl methyl sites for hydroxylation is 1. The summed E-state index contributed by atoms with van der Waals surface area (Å²) in [6, 6.07) is 3.40. The third-order valence-corrected chi connectivity index (χ3v) is 3.95. The molecule has 94 valence electrons. The van der Waals surface area contributed by atoms with Gasteiger partial charge in [0, 0.05) is 16.1 Å². The molecular weight excluding hydrogens is 250 g/mol. The Morgan fingerprint density at radius 3 is 2.83 bits per heavy atom. The van der Waals surface area contributed by atoms with Gasteiger partial charge >= 0.3 is 5.97 Å². The molecule has 1 N–H and O–H groups in total. The van der Waals surface area contributed by atoms with Crippen LogP contribution in [0.15, 0.2) is 29.6 Å². The monoisotopic (exact) mass is 263 g/mol. The predicted molar refractivity (Wildman–Crippen MR) is 72.6 cm³/mol. The Kier molecular flexibility index (Phi) is 3.34. The van der Waals surface area contributed by atoms with E-state index in [0.717, 1.165) is 16.0 Å². The number of hydrogen-bond acceptors (Lipinski definition) is 3. The van der Waals surface area contributed by atoms with Crippen LogP contribution in [0.1, 0.15) is 22.3 Å². The molecule has 0 spiro atoms. The van der Waals surface area contributed by atoms with Gasteiger partial charge in [0.25, 0.3) is 5.56 Å². The molecule has 0 bridgehead atoms. The van der Waals surface area contributed by atoms with Crippen LogP contribution in [0.2, 0.25) is 0 Å². The first-order valence-electron chi connectivity index (χ1n) is 5.59. The van der Waals surface area contributed by atoms with E-state index in [2.05, 4.69) is 6.58 Å². The van der Waals surface area contributed by atoms with E-state index in [0.29, 0.717) is 5.39 Å². The molecule has 4 nitrogen and oxygen atoms in total. The highest BCUT2D eigenvalue weighted by Crippen LogP contribution is 2.24. The maximum atomic E-state index is 12.2. The minimum absolute atomic E-state index is 0.0110. The van der Waals surface area contributed by atoms with E-state index >= 15 is 0 Å². The third kappa shape index (κ3) is 1.97. The van der Waals surface area contributed by atoms with Crippen LogP contribution in [0.25, 0.3) is 10.1 Å². The van der Waals surface area contributed by atoms with E-state index in [4.69, 9.17) is 5.11 Å². The van der Waals surface area contributed by atoms with Gasteiger partial charge in [-0.1, -0.05) is 13.0 Å². The Labute approximate surface area is 108 Å². The molecule has 0 atom stereocenters. The summed E-state index contributed by atoms with van der Waals surface area (Å²) in [5.41, 5.74) is -0.252. The number of fused-ring (bicyclic) bond motifs is 1. The van der Waals surface area contributed by atoms with Crippen molar-refractivity contribution in [3.05, 3.63) is 45.7 Å². The minimum atomic E-state index is -1.10. The zero-order valence-corrected chi connectivity index (χ0v) is 10.8. The molecule has 2 aromatic rings. The molecule has 0 aliphatic heterocycles. The van der Waals surface area contributed by atoms with Crippen LogP contribution in [0.4, 0.5) is 0 Å². The quantitative estimate of drug-likeness (QED) is 0.862. The summed E-state index contributed by atoms with van der Waals surface area (Å²) in [6.07, 6.45) is 2.36. The average Bonchev–Trinajstić information content (AvgIpc) is 2.75. The van der Waals surface area contributed by atoms with Gasteiger partial charge in [0.05, 0.1) is 5.39 Å².